The van der Waals surface area contributed by atoms with Gasteiger partial charge in [0.2, 0.25) is 5.82 Å². The van der Waals surface area contributed by atoms with Gasteiger partial charge in [0, 0.05) is 16.2 Å². The molecule has 6 nitrogen and oxygen atoms in total. The monoisotopic (exact) mass is 492 g/mol. The number of hydrogen-bond donors (Lipinski definition) is 1. The first-order valence-electron chi connectivity index (χ1n) is 10.6. The number of hydrogen-bond acceptors (Lipinski definition) is 6. The zero-order valence-electron chi connectivity index (χ0n) is 18.5. The summed E-state index contributed by atoms with van der Waals surface area (Å²) in [5.74, 6) is 1.24. The number of benzene rings is 2. The first-order chi connectivity index (χ1) is 16.5. The van der Waals surface area contributed by atoms with E-state index in [9.17, 15) is 4.39 Å². The predicted molar refractivity (Wildman–Crippen MR) is 133 cm³/mol. The number of nitrogens with zero attached hydrogens (tertiary/aromatic N) is 3. The molecule has 9 heteroatoms. The lowest BCUT2D eigenvalue weighted by atomic mass is 9.94. The summed E-state index contributed by atoms with van der Waals surface area (Å²) in [4.78, 5) is 7.76. The van der Waals surface area contributed by atoms with Crippen LogP contribution >= 0.6 is 24.0 Å². The molecule has 0 radical (unpaired) electrons. The van der Waals surface area contributed by atoms with Gasteiger partial charge in [-0.3, -0.25) is 0 Å². The lowest BCUT2D eigenvalue weighted by Crippen LogP contribution is -2.45. The number of nitrogens with one attached hydrogen (secondary N) is 1. The van der Waals surface area contributed by atoms with E-state index in [4.69, 9.17) is 26.1 Å². The average Bonchev–Trinajstić information content (AvgIpc) is 3.54. The molecule has 1 aliphatic rings. The third-order valence-electron chi connectivity index (χ3n) is 5.68. The second-order valence-electron chi connectivity index (χ2n) is 7.75. The van der Waals surface area contributed by atoms with Crippen LogP contribution in [0.25, 0.3) is 17.0 Å². The highest BCUT2D eigenvalue weighted by Gasteiger charge is 2.34. The molecule has 34 heavy (non-hydrogen) atoms. The average molecular weight is 493 g/mol. The molecule has 2 aromatic heterocycles. The smallest absolute Gasteiger partial charge is 0.258 e. The van der Waals surface area contributed by atoms with E-state index in [2.05, 4.69) is 10.5 Å². The highest BCUT2D eigenvalue weighted by atomic mass is 32.2. The predicted octanol–water partition coefficient (Wildman–Crippen LogP) is 6.05. The van der Waals surface area contributed by atoms with Crippen LogP contribution in [0.15, 0.2) is 86.5 Å². The molecule has 0 spiro atoms. The van der Waals surface area contributed by atoms with Crippen molar-refractivity contribution in [1.82, 2.24) is 20.4 Å². The lowest BCUT2D eigenvalue weighted by Gasteiger charge is -2.37. The Hall–Kier alpha value is -3.43. The van der Waals surface area contributed by atoms with Gasteiger partial charge >= 0.3 is 0 Å². The molecule has 4 aromatic rings. The van der Waals surface area contributed by atoms with Crippen LogP contribution in [0.2, 0.25) is 0 Å². The van der Waals surface area contributed by atoms with Crippen molar-refractivity contribution in [3.8, 4) is 11.4 Å². The van der Waals surface area contributed by atoms with Crippen molar-refractivity contribution in [3.05, 3.63) is 95.7 Å². The summed E-state index contributed by atoms with van der Waals surface area (Å²) in [6.07, 6.45) is 3.65. The van der Waals surface area contributed by atoms with Crippen molar-refractivity contribution >= 4 is 34.7 Å². The SMILES string of the molecule is CSc1ccc(-c2noc(C3=C(C)N(Cc4ccco4)C(=S)NC3c3cccc(F)c3)n2)cc1. The van der Waals surface area contributed by atoms with Crippen LogP contribution in [0.5, 0.6) is 0 Å². The summed E-state index contributed by atoms with van der Waals surface area (Å²) in [6, 6.07) is 17.6. The van der Waals surface area contributed by atoms with Gasteiger partial charge in [-0.25, -0.2) is 4.39 Å². The van der Waals surface area contributed by atoms with E-state index in [-0.39, 0.29) is 5.82 Å². The third-order valence-corrected chi connectivity index (χ3v) is 6.76. The summed E-state index contributed by atoms with van der Waals surface area (Å²) in [5.41, 5.74) is 3.10. The van der Waals surface area contributed by atoms with E-state index >= 15 is 0 Å². The Bertz CT molecular complexity index is 1350. The number of rotatable bonds is 6. The fourth-order valence-electron chi connectivity index (χ4n) is 3.93. The number of thiocarbonyl (C=S) groups is 1. The van der Waals surface area contributed by atoms with Gasteiger partial charge in [-0.05, 0) is 79.5 Å². The van der Waals surface area contributed by atoms with Gasteiger partial charge in [0.15, 0.2) is 5.11 Å². The van der Waals surface area contributed by atoms with Crippen LogP contribution in [0, 0.1) is 5.82 Å². The molecule has 5 rings (SSSR count). The van der Waals surface area contributed by atoms with Crippen LogP contribution in [0.1, 0.15) is 30.2 Å². The fraction of sp³-hybridized carbons (Fsp3) is 0.160. The van der Waals surface area contributed by atoms with E-state index < -0.39 is 6.04 Å². The number of allylic oxidation sites excluding steroid dienone is 1. The molecule has 0 bridgehead atoms. The molecule has 3 heterocycles. The summed E-state index contributed by atoms with van der Waals surface area (Å²) >= 11 is 7.34. The Balaban J connectivity index is 1.58. The minimum absolute atomic E-state index is 0.333. The van der Waals surface area contributed by atoms with Crippen molar-refractivity contribution in [2.45, 2.75) is 24.4 Å². The van der Waals surface area contributed by atoms with Gasteiger partial charge in [-0.2, -0.15) is 4.98 Å². The standard InChI is InChI=1S/C25H21FN4O2S2/c1-15-21(24-28-23(29-32-24)16-8-10-20(34-2)11-9-16)22(17-5-3-6-18(26)13-17)27-25(33)30(15)14-19-7-4-12-31-19/h3-13,22H,14H2,1-2H3,(H,27,33). The minimum atomic E-state index is -0.455. The van der Waals surface area contributed by atoms with Gasteiger partial charge in [0.05, 0.1) is 24.4 Å². The topological polar surface area (TPSA) is 67.3 Å². The second-order valence-corrected chi connectivity index (χ2v) is 9.02. The molecule has 0 fully saturated rings. The van der Waals surface area contributed by atoms with Gasteiger partial charge in [0.25, 0.3) is 5.89 Å². The van der Waals surface area contributed by atoms with Crippen molar-refractivity contribution in [2.75, 3.05) is 6.26 Å². The Morgan fingerprint density at radius 3 is 2.68 bits per heavy atom. The molecule has 1 N–H and O–H groups in total. The summed E-state index contributed by atoms with van der Waals surface area (Å²) in [6.45, 7) is 2.37. The molecule has 0 saturated heterocycles. The number of halogens is 1. The Labute approximate surface area is 205 Å². The first kappa shape index (κ1) is 22.4. The number of furan rings is 1. The van der Waals surface area contributed by atoms with Crippen LogP contribution in [-0.2, 0) is 6.54 Å². The second kappa shape index (κ2) is 9.44. The highest BCUT2D eigenvalue weighted by Crippen LogP contribution is 2.38. The summed E-state index contributed by atoms with van der Waals surface area (Å²) < 4.78 is 25.4. The maximum Gasteiger partial charge on any atom is 0.258 e. The normalized spacial score (nSPS) is 16.1. The fourth-order valence-corrected chi connectivity index (χ4v) is 4.66. The van der Waals surface area contributed by atoms with Crippen molar-refractivity contribution in [3.63, 3.8) is 0 Å². The van der Waals surface area contributed by atoms with E-state index in [1.54, 1.807) is 24.1 Å². The Morgan fingerprint density at radius 2 is 1.97 bits per heavy atom. The molecule has 2 aromatic carbocycles. The summed E-state index contributed by atoms with van der Waals surface area (Å²) in [7, 11) is 0. The van der Waals surface area contributed by atoms with Crippen molar-refractivity contribution < 1.29 is 13.3 Å². The molecule has 1 unspecified atom stereocenters. The third kappa shape index (κ3) is 4.36. The maximum atomic E-state index is 14.1. The summed E-state index contributed by atoms with van der Waals surface area (Å²) in [5, 5.41) is 8.04. The molecule has 0 aliphatic carbocycles. The molecule has 1 aliphatic heterocycles. The lowest BCUT2D eigenvalue weighted by molar-refractivity contribution is 0.382. The van der Waals surface area contributed by atoms with Crippen LogP contribution in [-0.4, -0.2) is 26.4 Å². The van der Waals surface area contributed by atoms with E-state index in [1.807, 2.05) is 60.5 Å². The van der Waals surface area contributed by atoms with Crippen LogP contribution in [0.4, 0.5) is 4.39 Å². The maximum absolute atomic E-state index is 14.1. The van der Waals surface area contributed by atoms with Crippen LogP contribution in [0.3, 0.4) is 0 Å². The van der Waals surface area contributed by atoms with E-state index in [1.165, 1.54) is 12.1 Å². The molecule has 0 saturated carbocycles. The molecule has 1 atom stereocenters. The van der Waals surface area contributed by atoms with E-state index in [0.717, 1.165) is 27.5 Å². The van der Waals surface area contributed by atoms with Gasteiger partial charge in [-0.15, -0.1) is 11.8 Å². The van der Waals surface area contributed by atoms with Gasteiger partial charge in [0.1, 0.15) is 11.6 Å². The Kier molecular flexibility index (Phi) is 6.21. The van der Waals surface area contributed by atoms with Crippen molar-refractivity contribution in [2.24, 2.45) is 0 Å². The Morgan fingerprint density at radius 1 is 1.15 bits per heavy atom. The number of aromatic nitrogens is 2. The zero-order chi connectivity index (χ0) is 23.7. The van der Waals surface area contributed by atoms with Crippen molar-refractivity contribution in [1.29, 1.82) is 0 Å². The largest absolute Gasteiger partial charge is 0.467 e. The quantitative estimate of drug-likeness (QED) is 0.258. The molecule has 0 amide bonds. The molecular formula is C25H21FN4O2S2. The minimum Gasteiger partial charge on any atom is -0.467 e. The van der Waals surface area contributed by atoms with Crippen LogP contribution < -0.4 is 5.32 Å². The first-order valence-corrected chi connectivity index (χ1v) is 12.2. The molecular weight excluding hydrogens is 471 g/mol. The van der Waals surface area contributed by atoms with Gasteiger partial charge in [-0.1, -0.05) is 17.3 Å². The van der Waals surface area contributed by atoms with Gasteiger partial charge < -0.3 is 19.2 Å². The highest BCUT2D eigenvalue weighted by molar-refractivity contribution is 7.98. The zero-order valence-corrected chi connectivity index (χ0v) is 20.1. The molecule has 172 valence electrons. The number of thioether (sulfide) groups is 1. The van der Waals surface area contributed by atoms with E-state index in [0.29, 0.717) is 28.9 Å².